The van der Waals surface area contributed by atoms with Gasteiger partial charge in [0.05, 0.1) is 19.8 Å². The molecule has 0 saturated carbocycles. The van der Waals surface area contributed by atoms with Crippen LogP contribution in [-0.2, 0) is 27.9 Å². The molecule has 0 aliphatic rings. The molecule has 54 heavy (non-hydrogen) atoms. The van der Waals surface area contributed by atoms with E-state index in [4.69, 9.17) is 24.3 Å². The molecule has 0 aromatic rings. The minimum Gasteiger partial charge on any atom is -0.457 e. The Hall–Kier alpha value is -1.80. The lowest BCUT2D eigenvalue weighted by Crippen LogP contribution is -2.28. The Morgan fingerprint density at radius 1 is 0.574 bits per heavy atom. The maximum absolute atomic E-state index is 12.6. The van der Waals surface area contributed by atoms with Crippen molar-refractivity contribution in [3.05, 3.63) is 60.8 Å². The number of hydrogen-bond acceptors (Lipinski definition) is 7. The fourth-order valence-electron chi connectivity index (χ4n) is 5.79. The second-order valence-corrected chi connectivity index (χ2v) is 15.6. The largest absolute Gasteiger partial charge is 0.472 e. The van der Waals surface area contributed by atoms with E-state index in [1.54, 1.807) is 0 Å². The van der Waals surface area contributed by atoms with Crippen molar-refractivity contribution < 1.29 is 32.8 Å². The Bertz CT molecular complexity index is 1010. The molecule has 3 N–H and O–H groups in total. The lowest BCUT2D eigenvalue weighted by Gasteiger charge is -2.20. The molecule has 9 heteroatoms. The highest BCUT2D eigenvalue weighted by Gasteiger charge is 2.25. The van der Waals surface area contributed by atoms with Crippen LogP contribution in [0.5, 0.6) is 0 Å². The zero-order valence-corrected chi connectivity index (χ0v) is 35.6. The molecular formula is C45H82NO7P. The normalized spacial score (nSPS) is 14.1. The van der Waals surface area contributed by atoms with Gasteiger partial charge < -0.3 is 20.1 Å². The molecule has 2 atom stereocenters. The molecule has 0 saturated heterocycles. The predicted octanol–water partition coefficient (Wildman–Crippen LogP) is 13.0. The predicted molar refractivity (Wildman–Crippen MR) is 229 cm³/mol. The second kappa shape index (κ2) is 42.3. The van der Waals surface area contributed by atoms with Gasteiger partial charge in [0.1, 0.15) is 6.10 Å². The second-order valence-electron chi connectivity index (χ2n) is 14.2. The number of carbonyl (C=O) groups excluding carboxylic acids is 1. The molecule has 0 aromatic heterocycles. The standard InChI is InChI=1S/C45H82NO7P/c1-3-5-7-9-11-13-15-17-19-20-21-22-23-24-25-26-28-30-32-34-36-38-45(47)53-44(43-52-54(48,49)51-41-39-46)42-50-40-37-35-33-31-29-27-18-16-14-12-10-8-6-4-2/h5,7,11,13,17,19,21-22,24-25,44H,3-4,6,8-10,12,14-16,18,20,23,26-43,46H2,1-2H3,(H,48,49)/b7-5-,13-11-,19-17-,22-21-,25-24-. The average Bonchev–Trinajstić information content (AvgIpc) is 3.16. The summed E-state index contributed by atoms with van der Waals surface area (Å²) in [4.78, 5) is 22.5. The molecule has 0 heterocycles. The summed E-state index contributed by atoms with van der Waals surface area (Å²) in [5.74, 6) is -0.349. The van der Waals surface area contributed by atoms with Gasteiger partial charge in [-0.3, -0.25) is 13.8 Å². The number of carbonyl (C=O) groups is 1. The van der Waals surface area contributed by atoms with Crippen molar-refractivity contribution in [2.24, 2.45) is 5.73 Å². The summed E-state index contributed by atoms with van der Waals surface area (Å²) in [5, 5.41) is 0. The smallest absolute Gasteiger partial charge is 0.457 e. The number of phosphoric ester groups is 1. The number of ether oxygens (including phenoxy) is 2. The van der Waals surface area contributed by atoms with Gasteiger partial charge >= 0.3 is 13.8 Å². The van der Waals surface area contributed by atoms with E-state index in [-0.39, 0.29) is 32.3 Å². The zero-order chi connectivity index (χ0) is 39.5. The fourth-order valence-corrected chi connectivity index (χ4v) is 6.55. The van der Waals surface area contributed by atoms with Gasteiger partial charge in [-0.05, 0) is 57.8 Å². The molecule has 0 amide bonds. The summed E-state index contributed by atoms with van der Waals surface area (Å²) in [6.07, 6.45) is 50.9. The van der Waals surface area contributed by atoms with E-state index in [1.165, 1.54) is 77.0 Å². The van der Waals surface area contributed by atoms with Gasteiger partial charge in [-0.2, -0.15) is 0 Å². The summed E-state index contributed by atoms with van der Waals surface area (Å²) in [5.41, 5.74) is 5.37. The molecule has 0 radical (unpaired) electrons. The summed E-state index contributed by atoms with van der Waals surface area (Å²) >= 11 is 0. The van der Waals surface area contributed by atoms with E-state index in [1.807, 2.05) is 0 Å². The van der Waals surface area contributed by atoms with E-state index < -0.39 is 13.9 Å². The Morgan fingerprint density at radius 2 is 1.04 bits per heavy atom. The molecule has 0 spiro atoms. The lowest BCUT2D eigenvalue weighted by molar-refractivity contribution is -0.154. The van der Waals surface area contributed by atoms with Gasteiger partial charge in [-0.15, -0.1) is 0 Å². The maximum atomic E-state index is 12.6. The molecule has 314 valence electrons. The first kappa shape index (κ1) is 52.2. The van der Waals surface area contributed by atoms with Crippen LogP contribution >= 0.6 is 7.82 Å². The Labute approximate surface area is 332 Å². The van der Waals surface area contributed by atoms with E-state index >= 15 is 0 Å². The maximum Gasteiger partial charge on any atom is 0.472 e. The van der Waals surface area contributed by atoms with Gasteiger partial charge in [0.15, 0.2) is 0 Å². The van der Waals surface area contributed by atoms with Crippen LogP contribution < -0.4 is 5.73 Å². The van der Waals surface area contributed by atoms with Gasteiger partial charge in [-0.25, -0.2) is 4.57 Å². The van der Waals surface area contributed by atoms with Crippen molar-refractivity contribution in [1.82, 2.24) is 0 Å². The molecule has 8 nitrogen and oxygen atoms in total. The van der Waals surface area contributed by atoms with Crippen LogP contribution in [-0.4, -0.2) is 49.9 Å². The third kappa shape index (κ3) is 41.4. The molecular weight excluding hydrogens is 697 g/mol. The highest BCUT2D eigenvalue weighted by Crippen LogP contribution is 2.43. The molecule has 0 aromatic carbocycles. The SMILES string of the molecule is CC/C=C\C/C=C\C/C=C\C/C=C\C/C=C\CCCCCCCC(=O)OC(COCCCCCCCCCCCCCCCC)COP(=O)(O)OCCN. The van der Waals surface area contributed by atoms with Crippen LogP contribution in [0.15, 0.2) is 60.8 Å². The number of phosphoric acid groups is 1. The summed E-state index contributed by atoms with van der Waals surface area (Å²) < 4.78 is 33.4. The Morgan fingerprint density at radius 3 is 1.56 bits per heavy atom. The molecule has 0 aliphatic carbocycles. The number of nitrogens with two attached hydrogens (primary N) is 1. The van der Waals surface area contributed by atoms with Crippen molar-refractivity contribution >= 4 is 13.8 Å². The van der Waals surface area contributed by atoms with Gasteiger partial charge in [0.25, 0.3) is 0 Å². The van der Waals surface area contributed by atoms with E-state index in [0.29, 0.717) is 13.0 Å². The zero-order valence-electron chi connectivity index (χ0n) is 34.7. The number of unbranched alkanes of at least 4 members (excludes halogenated alkanes) is 18. The van der Waals surface area contributed by atoms with E-state index in [9.17, 15) is 14.3 Å². The highest BCUT2D eigenvalue weighted by molar-refractivity contribution is 7.47. The van der Waals surface area contributed by atoms with Gasteiger partial charge in [0.2, 0.25) is 0 Å². The van der Waals surface area contributed by atoms with Gasteiger partial charge in [0, 0.05) is 19.6 Å². The summed E-state index contributed by atoms with van der Waals surface area (Å²) in [6.45, 7) is 4.79. The number of rotatable bonds is 41. The first-order valence-electron chi connectivity index (χ1n) is 21.8. The Kier molecular flexibility index (Phi) is 40.9. The monoisotopic (exact) mass is 780 g/mol. The van der Waals surface area contributed by atoms with E-state index in [0.717, 1.165) is 83.5 Å². The molecule has 0 aliphatic heterocycles. The van der Waals surface area contributed by atoms with E-state index in [2.05, 4.69) is 74.6 Å². The van der Waals surface area contributed by atoms with Crippen LogP contribution in [0.3, 0.4) is 0 Å². The van der Waals surface area contributed by atoms with Crippen LogP contribution in [0.2, 0.25) is 0 Å². The minimum atomic E-state index is -4.28. The summed E-state index contributed by atoms with van der Waals surface area (Å²) in [6, 6.07) is 0. The third-order valence-corrected chi connectivity index (χ3v) is 9.93. The number of allylic oxidation sites excluding steroid dienone is 10. The first-order chi connectivity index (χ1) is 26.4. The average molecular weight is 780 g/mol. The third-order valence-electron chi connectivity index (χ3n) is 8.95. The number of esters is 1. The fraction of sp³-hybridized carbons (Fsp3) is 0.756. The quantitative estimate of drug-likeness (QED) is 0.0273. The van der Waals surface area contributed by atoms with Crippen LogP contribution in [0.25, 0.3) is 0 Å². The van der Waals surface area contributed by atoms with Crippen LogP contribution in [0, 0.1) is 0 Å². The van der Waals surface area contributed by atoms with Crippen molar-refractivity contribution in [2.75, 3.05) is 33.0 Å². The first-order valence-corrected chi connectivity index (χ1v) is 23.3. The number of hydrogen-bond donors (Lipinski definition) is 2. The van der Waals surface area contributed by atoms with Crippen molar-refractivity contribution in [3.8, 4) is 0 Å². The molecule has 2 unspecified atom stereocenters. The highest BCUT2D eigenvalue weighted by atomic mass is 31.2. The van der Waals surface area contributed by atoms with Crippen LogP contribution in [0.1, 0.15) is 181 Å². The molecule has 0 bridgehead atoms. The Balaban J connectivity index is 4.08. The minimum absolute atomic E-state index is 0.0952. The summed E-state index contributed by atoms with van der Waals surface area (Å²) in [7, 11) is -4.28. The van der Waals surface area contributed by atoms with Crippen molar-refractivity contribution in [3.63, 3.8) is 0 Å². The van der Waals surface area contributed by atoms with Crippen molar-refractivity contribution in [2.45, 2.75) is 187 Å². The van der Waals surface area contributed by atoms with Crippen LogP contribution in [0.4, 0.5) is 0 Å². The topological polar surface area (TPSA) is 117 Å². The molecule has 0 rings (SSSR count). The van der Waals surface area contributed by atoms with Crippen molar-refractivity contribution in [1.29, 1.82) is 0 Å². The molecule has 0 fully saturated rings. The lowest BCUT2D eigenvalue weighted by atomic mass is 10.0. The van der Waals surface area contributed by atoms with Gasteiger partial charge in [-0.1, -0.05) is 177 Å².